The summed E-state index contributed by atoms with van der Waals surface area (Å²) in [4.78, 5) is 43.3. The minimum Gasteiger partial charge on any atom is -0.370 e. The molecule has 0 bridgehead atoms. The minimum absolute atomic E-state index is 0.0165. The molecular formula is C23H41N5O3. The maximum Gasteiger partial charge on any atom is 0.226 e. The van der Waals surface area contributed by atoms with Crippen molar-refractivity contribution in [1.29, 1.82) is 0 Å². The molecule has 176 valence electrons. The lowest BCUT2D eigenvalue weighted by atomic mass is 9.77. The fourth-order valence-corrected chi connectivity index (χ4v) is 4.97. The number of aldehydes is 1. The maximum atomic E-state index is 13.2. The lowest BCUT2D eigenvalue weighted by Crippen LogP contribution is -2.47. The van der Waals surface area contributed by atoms with Crippen LogP contribution in [0.3, 0.4) is 0 Å². The van der Waals surface area contributed by atoms with Crippen LogP contribution in [-0.4, -0.2) is 55.1 Å². The third kappa shape index (κ3) is 8.50. The second kappa shape index (κ2) is 13.3. The van der Waals surface area contributed by atoms with E-state index < -0.39 is 6.04 Å². The highest BCUT2D eigenvalue weighted by Crippen LogP contribution is 2.32. The zero-order valence-corrected chi connectivity index (χ0v) is 19.1. The normalized spacial score (nSPS) is 22.9. The highest BCUT2D eigenvalue weighted by atomic mass is 16.2. The van der Waals surface area contributed by atoms with Crippen LogP contribution in [0.4, 0.5) is 0 Å². The van der Waals surface area contributed by atoms with Crippen LogP contribution in [0.1, 0.15) is 77.0 Å². The Kier molecular flexibility index (Phi) is 10.8. The van der Waals surface area contributed by atoms with Crippen molar-refractivity contribution in [2.75, 3.05) is 20.1 Å². The first-order valence-corrected chi connectivity index (χ1v) is 12.0. The van der Waals surface area contributed by atoms with Gasteiger partial charge in [0.25, 0.3) is 0 Å². The lowest BCUT2D eigenvalue weighted by molar-refractivity contribution is -0.143. The minimum atomic E-state index is -0.580. The molecule has 2 amide bonds. The molecule has 0 aromatic carbocycles. The van der Waals surface area contributed by atoms with Crippen LogP contribution in [0.5, 0.6) is 0 Å². The highest BCUT2D eigenvalue weighted by Gasteiger charge is 2.37. The number of carbonyl (C=O) groups excluding carboxylic acids is 3. The molecule has 8 heteroatoms. The summed E-state index contributed by atoms with van der Waals surface area (Å²) in [5, 5.41) is 2.84. The number of hydrogen-bond donors (Lipinski definition) is 3. The number of hydrogen-bond acceptors (Lipinski definition) is 4. The van der Waals surface area contributed by atoms with E-state index in [1.807, 2.05) is 11.9 Å². The average Bonchev–Trinajstić information content (AvgIpc) is 2.79. The first kappa shape index (κ1) is 25.1. The number of carbonyl (C=O) groups is 3. The van der Waals surface area contributed by atoms with Gasteiger partial charge in [0.05, 0.1) is 6.04 Å². The molecule has 0 radical (unpaired) electrons. The van der Waals surface area contributed by atoms with Crippen LogP contribution in [-0.2, 0) is 14.4 Å². The fraction of sp³-hybridized carbons (Fsp3) is 0.826. The number of rotatable bonds is 11. The van der Waals surface area contributed by atoms with E-state index >= 15 is 0 Å². The van der Waals surface area contributed by atoms with Gasteiger partial charge in [0.2, 0.25) is 11.8 Å². The van der Waals surface area contributed by atoms with Gasteiger partial charge in [0, 0.05) is 32.0 Å². The molecule has 0 spiro atoms. The van der Waals surface area contributed by atoms with Crippen LogP contribution >= 0.6 is 0 Å². The number of aliphatic imine (C=N–C) groups is 1. The summed E-state index contributed by atoms with van der Waals surface area (Å²) >= 11 is 0. The Morgan fingerprint density at radius 1 is 1.06 bits per heavy atom. The van der Waals surface area contributed by atoms with Crippen LogP contribution in [0.2, 0.25) is 0 Å². The van der Waals surface area contributed by atoms with Crippen LogP contribution in [0, 0.1) is 17.8 Å². The predicted octanol–water partition coefficient (Wildman–Crippen LogP) is 1.96. The standard InChI is InChI=1S/C23H41N5O3/c1-28(15-13-17-8-3-2-4-9-17)22(31)20-12-6-5-11-19(20)21(30)27-18(16-29)10-7-14-26-23(24)25/h16-20H,2-15H2,1H3,(H,27,30)(H4,24,25,26)/t18-,19-,20+/m1/s1. The fourth-order valence-electron chi connectivity index (χ4n) is 4.97. The smallest absolute Gasteiger partial charge is 0.226 e. The quantitative estimate of drug-likeness (QED) is 0.198. The van der Waals surface area contributed by atoms with E-state index in [0.717, 1.165) is 44.4 Å². The Balaban J connectivity index is 1.87. The molecule has 2 aliphatic carbocycles. The van der Waals surface area contributed by atoms with Crippen molar-refractivity contribution in [3.8, 4) is 0 Å². The van der Waals surface area contributed by atoms with Crippen molar-refractivity contribution >= 4 is 24.1 Å². The van der Waals surface area contributed by atoms with E-state index in [9.17, 15) is 14.4 Å². The molecule has 2 saturated carbocycles. The van der Waals surface area contributed by atoms with E-state index in [4.69, 9.17) is 11.5 Å². The van der Waals surface area contributed by atoms with Crippen LogP contribution in [0.25, 0.3) is 0 Å². The molecule has 8 nitrogen and oxygen atoms in total. The van der Waals surface area contributed by atoms with Crippen LogP contribution < -0.4 is 16.8 Å². The van der Waals surface area contributed by atoms with Gasteiger partial charge in [-0.2, -0.15) is 0 Å². The van der Waals surface area contributed by atoms with Gasteiger partial charge in [-0.25, -0.2) is 0 Å². The van der Waals surface area contributed by atoms with Gasteiger partial charge in [-0.3, -0.25) is 14.6 Å². The SMILES string of the molecule is CN(CCC1CCCCC1)C(=O)[C@H]1CCCC[C@H]1C(=O)N[C@@H](C=O)CCCN=C(N)N. The molecule has 0 saturated heterocycles. The van der Waals surface area contributed by atoms with Gasteiger partial charge >= 0.3 is 0 Å². The second-order valence-corrected chi connectivity index (χ2v) is 9.25. The number of nitrogens with one attached hydrogen (secondary N) is 1. The number of guanidine groups is 1. The zero-order valence-electron chi connectivity index (χ0n) is 19.1. The molecule has 0 aromatic rings. The molecule has 2 fully saturated rings. The predicted molar refractivity (Wildman–Crippen MR) is 122 cm³/mol. The topological polar surface area (TPSA) is 131 Å². The second-order valence-electron chi connectivity index (χ2n) is 9.25. The first-order chi connectivity index (χ1) is 14.9. The molecule has 0 aromatic heterocycles. The Hall–Kier alpha value is -2.12. The van der Waals surface area contributed by atoms with Crippen molar-refractivity contribution in [3.63, 3.8) is 0 Å². The molecule has 2 aliphatic rings. The Bertz CT molecular complexity index is 614. The van der Waals surface area contributed by atoms with E-state index in [2.05, 4.69) is 10.3 Å². The summed E-state index contributed by atoms with van der Waals surface area (Å²) in [5.41, 5.74) is 10.6. The van der Waals surface area contributed by atoms with Gasteiger partial charge in [-0.1, -0.05) is 44.9 Å². The monoisotopic (exact) mass is 435 g/mol. The van der Waals surface area contributed by atoms with Crippen molar-refractivity contribution in [1.82, 2.24) is 10.2 Å². The van der Waals surface area contributed by atoms with Gasteiger partial charge in [-0.15, -0.1) is 0 Å². The Morgan fingerprint density at radius 2 is 1.71 bits per heavy atom. The van der Waals surface area contributed by atoms with E-state index in [1.165, 1.54) is 32.1 Å². The number of amides is 2. The van der Waals surface area contributed by atoms with Crippen molar-refractivity contribution < 1.29 is 14.4 Å². The zero-order chi connectivity index (χ0) is 22.6. The Morgan fingerprint density at radius 3 is 2.35 bits per heavy atom. The molecule has 0 aliphatic heterocycles. The molecular weight excluding hydrogens is 394 g/mol. The summed E-state index contributed by atoms with van der Waals surface area (Å²) in [6.07, 6.45) is 12.7. The molecule has 0 heterocycles. The summed E-state index contributed by atoms with van der Waals surface area (Å²) in [5.74, 6) is -0.0223. The van der Waals surface area contributed by atoms with Gasteiger partial charge in [0.1, 0.15) is 6.29 Å². The van der Waals surface area contributed by atoms with Crippen LogP contribution in [0.15, 0.2) is 4.99 Å². The summed E-state index contributed by atoms with van der Waals surface area (Å²) in [6.45, 7) is 1.18. The first-order valence-electron chi connectivity index (χ1n) is 12.0. The number of nitrogens with two attached hydrogens (primary N) is 2. The maximum absolute atomic E-state index is 13.2. The van der Waals surface area contributed by atoms with E-state index in [1.54, 1.807) is 0 Å². The summed E-state index contributed by atoms with van der Waals surface area (Å²) in [6, 6.07) is -0.580. The van der Waals surface area contributed by atoms with Gasteiger partial charge in [-0.05, 0) is 38.0 Å². The largest absolute Gasteiger partial charge is 0.370 e. The molecule has 2 rings (SSSR count). The molecule has 3 atom stereocenters. The molecule has 5 N–H and O–H groups in total. The Labute approximate surface area is 186 Å². The average molecular weight is 436 g/mol. The van der Waals surface area contributed by atoms with Crippen molar-refractivity contribution in [2.45, 2.75) is 83.1 Å². The third-order valence-corrected chi connectivity index (χ3v) is 6.85. The highest BCUT2D eigenvalue weighted by molar-refractivity contribution is 5.89. The van der Waals surface area contributed by atoms with E-state index in [-0.39, 0.29) is 29.6 Å². The van der Waals surface area contributed by atoms with Gasteiger partial charge in [0.15, 0.2) is 5.96 Å². The summed E-state index contributed by atoms with van der Waals surface area (Å²) in [7, 11) is 1.87. The third-order valence-electron chi connectivity index (χ3n) is 6.85. The van der Waals surface area contributed by atoms with E-state index in [0.29, 0.717) is 25.8 Å². The van der Waals surface area contributed by atoms with Crippen molar-refractivity contribution in [3.05, 3.63) is 0 Å². The van der Waals surface area contributed by atoms with Gasteiger partial charge < -0.3 is 26.5 Å². The van der Waals surface area contributed by atoms with Crippen molar-refractivity contribution in [2.24, 2.45) is 34.2 Å². The lowest BCUT2D eigenvalue weighted by Gasteiger charge is -2.33. The number of nitrogens with zero attached hydrogens (tertiary/aromatic N) is 2. The molecule has 0 unspecified atom stereocenters. The molecule has 31 heavy (non-hydrogen) atoms. The summed E-state index contributed by atoms with van der Waals surface area (Å²) < 4.78 is 0.